The molecule has 0 radical (unpaired) electrons. The molecular weight excluding hydrogens is 441 g/mol. The highest BCUT2D eigenvalue weighted by Gasteiger charge is 2.23. The van der Waals surface area contributed by atoms with E-state index in [-0.39, 0.29) is 12.0 Å². The van der Waals surface area contributed by atoms with Crippen molar-refractivity contribution in [3.05, 3.63) is 57.7 Å². The van der Waals surface area contributed by atoms with Gasteiger partial charge in [0.25, 0.3) is 0 Å². The summed E-state index contributed by atoms with van der Waals surface area (Å²) in [5.74, 6) is 0.143. The highest BCUT2D eigenvalue weighted by Crippen LogP contribution is 2.16. The standard InChI is InChI=1S/C21H30INO3/c1-16(11-13-22)19(23-20(24)26-21(3,4)5)17(2)12-14-25-15-18-9-7-6-8-10-18/h6-13,16,19H,14-15H2,1-5H3,(H,23,24)/b13-11+,17-12+/t16-,19-/m0/s1. The van der Waals surface area contributed by atoms with Crippen LogP contribution in [0.4, 0.5) is 4.79 Å². The molecule has 0 aromatic heterocycles. The van der Waals surface area contributed by atoms with Gasteiger partial charge in [-0.15, -0.1) is 0 Å². The van der Waals surface area contributed by atoms with Crippen LogP contribution in [0.2, 0.25) is 0 Å². The second kappa shape index (κ2) is 11.4. The van der Waals surface area contributed by atoms with Crippen LogP contribution in [-0.4, -0.2) is 24.3 Å². The average Bonchev–Trinajstić information content (AvgIpc) is 2.56. The van der Waals surface area contributed by atoms with E-state index in [9.17, 15) is 4.79 Å². The number of alkyl carbamates (subject to hydrolysis) is 1. The normalized spacial score (nSPS) is 14.9. The van der Waals surface area contributed by atoms with Gasteiger partial charge in [-0.2, -0.15) is 0 Å². The summed E-state index contributed by atoms with van der Waals surface area (Å²) in [5, 5.41) is 2.98. The van der Waals surface area contributed by atoms with E-state index < -0.39 is 11.7 Å². The van der Waals surface area contributed by atoms with Crippen molar-refractivity contribution in [3.8, 4) is 0 Å². The third kappa shape index (κ3) is 9.38. The van der Waals surface area contributed by atoms with Crippen molar-refractivity contribution < 1.29 is 14.3 Å². The molecule has 144 valence electrons. The summed E-state index contributed by atoms with van der Waals surface area (Å²) in [4.78, 5) is 12.2. The SMILES string of the molecule is C/C(=C\COCc1ccccc1)[C@@H](NC(=O)OC(C)(C)C)[C@@H](C)/C=C/I. The van der Waals surface area contributed by atoms with Crippen LogP contribution in [0, 0.1) is 5.92 Å². The highest BCUT2D eigenvalue weighted by molar-refractivity contribution is 14.1. The Morgan fingerprint density at radius 1 is 1.27 bits per heavy atom. The minimum atomic E-state index is -0.520. The quantitative estimate of drug-likeness (QED) is 0.304. The molecule has 26 heavy (non-hydrogen) atoms. The molecule has 0 aliphatic carbocycles. The summed E-state index contributed by atoms with van der Waals surface area (Å²) in [6, 6.07) is 9.92. The van der Waals surface area contributed by atoms with Crippen LogP contribution in [0.5, 0.6) is 0 Å². The van der Waals surface area contributed by atoms with Crippen molar-refractivity contribution in [1.82, 2.24) is 5.32 Å². The van der Waals surface area contributed by atoms with Crippen LogP contribution in [0.1, 0.15) is 40.2 Å². The molecule has 0 aliphatic rings. The predicted octanol–water partition coefficient (Wildman–Crippen LogP) is 5.63. The second-order valence-corrected chi connectivity index (χ2v) is 7.97. The van der Waals surface area contributed by atoms with Gasteiger partial charge in [-0.05, 0) is 43.3 Å². The zero-order valence-electron chi connectivity index (χ0n) is 16.3. The number of benzene rings is 1. The van der Waals surface area contributed by atoms with Crippen LogP contribution >= 0.6 is 22.6 Å². The van der Waals surface area contributed by atoms with Gasteiger partial charge in [0.2, 0.25) is 0 Å². The first kappa shape index (κ1) is 22.7. The molecule has 1 aromatic carbocycles. The first-order valence-corrected chi connectivity index (χ1v) is 10.0. The summed E-state index contributed by atoms with van der Waals surface area (Å²) in [6.07, 6.45) is 3.67. The number of ether oxygens (including phenoxy) is 2. The lowest BCUT2D eigenvalue weighted by Gasteiger charge is -2.27. The van der Waals surface area contributed by atoms with Crippen LogP contribution in [0.15, 0.2) is 52.1 Å². The minimum absolute atomic E-state index is 0.142. The van der Waals surface area contributed by atoms with Crippen LogP contribution in [0.3, 0.4) is 0 Å². The van der Waals surface area contributed by atoms with Crippen molar-refractivity contribution in [3.63, 3.8) is 0 Å². The Kier molecular flexibility index (Phi) is 9.94. The van der Waals surface area contributed by atoms with E-state index in [1.807, 2.05) is 68.2 Å². The molecule has 1 amide bonds. The Bertz CT molecular complexity index is 605. The fourth-order valence-electron chi connectivity index (χ4n) is 2.39. The first-order chi connectivity index (χ1) is 12.2. The smallest absolute Gasteiger partial charge is 0.408 e. The Labute approximate surface area is 171 Å². The van der Waals surface area contributed by atoms with Crippen LogP contribution in [0.25, 0.3) is 0 Å². The molecule has 1 N–H and O–H groups in total. The van der Waals surface area contributed by atoms with Gasteiger partial charge in [-0.25, -0.2) is 4.79 Å². The topological polar surface area (TPSA) is 47.6 Å². The molecule has 4 nitrogen and oxygen atoms in total. The lowest BCUT2D eigenvalue weighted by atomic mass is 9.95. The molecule has 0 bridgehead atoms. The molecule has 0 heterocycles. The Morgan fingerprint density at radius 2 is 1.92 bits per heavy atom. The Hall–Kier alpha value is -1.34. The number of hydrogen-bond acceptors (Lipinski definition) is 3. The third-order valence-electron chi connectivity index (χ3n) is 3.70. The number of rotatable bonds is 8. The molecule has 1 rings (SSSR count). The highest BCUT2D eigenvalue weighted by atomic mass is 127. The van der Waals surface area contributed by atoms with Crippen molar-refractivity contribution in [2.24, 2.45) is 5.92 Å². The number of halogens is 1. The maximum Gasteiger partial charge on any atom is 0.408 e. The summed E-state index contributed by atoms with van der Waals surface area (Å²) >= 11 is 2.19. The van der Waals surface area contributed by atoms with Crippen molar-refractivity contribution in [2.45, 2.75) is 52.9 Å². The largest absolute Gasteiger partial charge is 0.444 e. The van der Waals surface area contributed by atoms with E-state index >= 15 is 0 Å². The van der Waals surface area contributed by atoms with Gasteiger partial charge >= 0.3 is 6.09 Å². The number of amides is 1. The lowest BCUT2D eigenvalue weighted by Crippen LogP contribution is -2.42. The van der Waals surface area contributed by atoms with E-state index in [1.54, 1.807) is 0 Å². The van der Waals surface area contributed by atoms with E-state index in [1.165, 1.54) is 0 Å². The molecule has 5 heteroatoms. The molecule has 0 aliphatic heterocycles. The maximum atomic E-state index is 12.2. The minimum Gasteiger partial charge on any atom is -0.444 e. The average molecular weight is 471 g/mol. The van der Waals surface area contributed by atoms with Gasteiger partial charge in [0.05, 0.1) is 19.3 Å². The molecule has 2 atom stereocenters. The fraction of sp³-hybridized carbons (Fsp3) is 0.476. The summed E-state index contributed by atoms with van der Waals surface area (Å²) in [5.41, 5.74) is 1.67. The molecule has 1 aromatic rings. The zero-order valence-corrected chi connectivity index (χ0v) is 18.4. The Balaban J connectivity index is 2.67. The van der Waals surface area contributed by atoms with Crippen LogP contribution < -0.4 is 5.32 Å². The summed E-state index contributed by atoms with van der Waals surface area (Å²) in [6.45, 7) is 10.7. The van der Waals surface area contributed by atoms with Gasteiger partial charge in [0.15, 0.2) is 0 Å². The van der Waals surface area contributed by atoms with Crippen molar-refractivity contribution >= 4 is 28.7 Å². The third-order valence-corrected chi connectivity index (χ3v) is 4.11. The van der Waals surface area contributed by atoms with Gasteiger partial charge in [-0.1, -0.05) is 77.6 Å². The first-order valence-electron chi connectivity index (χ1n) is 8.77. The molecular formula is C21H30INO3. The number of hydrogen-bond donors (Lipinski definition) is 1. The number of carbonyl (C=O) groups is 1. The fourth-order valence-corrected chi connectivity index (χ4v) is 3.04. The van der Waals surface area contributed by atoms with Gasteiger partial charge in [-0.3, -0.25) is 0 Å². The van der Waals surface area contributed by atoms with E-state index in [0.717, 1.165) is 11.1 Å². The maximum absolute atomic E-state index is 12.2. The lowest BCUT2D eigenvalue weighted by molar-refractivity contribution is 0.0503. The predicted molar refractivity (Wildman–Crippen MR) is 115 cm³/mol. The van der Waals surface area contributed by atoms with E-state index in [2.05, 4.69) is 40.9 Å². The molecule has 0 saturated carbocycles. The van der Waals surface area contributed by atoms with E-state index in [4.69, 9.17) is 9.47 Å². The summed E-state index contributed by atoms with van der Waals surface area (Å²) < 4.78 is 13.1. The van der Waals surface area contributed by atoms with Crippen LogP contribution in [-0.2, 0) is 16.1 Å². The van der Waals surface area contributed by atoms with Crippen molar-refractivity contribution in [2.75, 3.05) is 6.61 Å². The zero-order chi connectivity index (χ0) is 19.6. The second-order valence-electron chi connectivity index (χ2n) is 7.25. The molecule has 0 spiro atoms. The number of nitrogens with one attached hydrogen (secondary N) is 1. The van der Waals surface area contributed by atoms with Gasteiger partial charge < -0.3 is 14.8 Å². The van der Waals surface area contributed by atoms with E-state index in [0.29, 0.717) is 13.2 Å². The number of carbonyl (C=O) groups excluding carboxylic acids is 1. The molecule has 0 saturated heterocycles. The monoisotopic (exact) mass is 471 g/mol. The Morgan fingerprint density at radius 3 is 2.50 bits per heavy atom. The van der Waals surface area contributed by atoms with Gasteiger partial charge in [0.1, 0.15) is 5.60 Å². The molecule has 0 unspecified atom stereocenters. The van der Waals surface area contributed by atoms with Gasteiger partial charge in [0, 0.05) is 0 Å². The molecule has 0 fully saturated rings. The summed E-state index contributed by atoms with van der Waals surface area (Å²) in [7, 11) is 0. The van der Waals surface area contributed by atoms with Crippen molar-refractivity contribution in [1.29, 1.82) is 0 Å².